The van der Waals surface area contributed by atoms with Gasteiger partial charge in [0.2, 0.25) is 5.95 Å². The molecule has 2 heterocycles. The summed E-state index contributed by atoms with van der Waals surface area (Å²) in [6.45, 7) is 3.89. The van der Waals surface area contributed by atoms with Crippen LogP contribution in [0.5, 0.6) is 0 Å². The van der Waals surface area contributed by atoms with E-state index in [0.717, 1.165) is 38.1 Å². The van der Waals surface area contributed by atoms with Gasteiger partial charge in [0.15, 0.2) is 0 Å². The van der Waals surface area contributed by atoms with Crippen LogP contribution in [0.4, 0.5) is 20.4 Å². The summed E-state index contributed by atoms with van der Waals surface area (Å²) in [5.74, 6) is -0.683. The summed E-state index contributed by atoms with van der Waals surface area (Å²) in [6.07, 6.45) is 4.73. The van der Waals surface area contributed by atoms with Crippen LogP contribution in [0.3, 0.4) is 0 Å². The highest BCUT2D eigenvalue weighted by molar-refractivity contribution is 7.92. The Balaban J connectivity index is 1.75. The number of halogens is 2. The first-order valence-electron chi connectivity index (χ1n) is 7.90. The number of hydrogen-bond acceptors (Lipinski definition) is 5. The molecule has 134 valence electrons. The molecule has 0 bridgehead atoms. The van der Waals surface area contributed by atoms with Crippen LogP contribution >= 0.6 is 0 Å². The quantitative estimate of drug-likeness (QED) is 0.898. The van der Waals surface area contributed by atoms with Crippen LogP contribution in [0, 0.1) is 17.6 Å². The average molecular weight is 368 g/mol. The predicted octanol–water partition coefficient (Wildman–Crippen LogP) is 2.79. The molecule has 0 amide bonds. The molecule has 25 heavy (non-hydrogen) atoms. The SMILES string of the molecule is CC1CCN(c2ncc(NS(=O)(=O)c3cc(F)ccc3F)cn2)CC1. The van der Waals surface area contributed by atoms with Gasteiger partial charge in [0.1, 0.15) is 16.5 Å². The number of sulfonamides is 1. The van der Waals surface area contributed by atoms with Crippen LogP contribution in [0.25, 0.3) is 0 Å². The van der Waals surface area contributed by atoms with E-state index < -0.39 is 26.6 Å². The first-order chi connectivity index (χ1) is 11.8. The minimum absolute atomic E-state index is 0.0813. The highest BCUT2D eigenvalue weighted by atomic mass is 32.2. The van der Waals surface area contributed by atoms with Gasteiger partial charge >= 0.3 is 0 Å². The van der Waals surface area contributed by atoms with Gasteiger partial charge in [0.05, 0.1) is 18.1 Å². The van der Waals surface area contributed by atoms with Crippen LogP contribution < -0.4 is 9.62 Å². The fourth-order valence-corrected chi connectivity index (χ4v) is 3.76. The Hall–Kier alpha value is -2.29. The Morgan fingerprint density at radius 3 is 2.44 bits per heavy atom. The highest BCUT2D eigenvalue weighted by Crippen LogP contribution is 2.22. The number of nitrogens with one attached hydrogen (secondary N) is 1. The Morgan fingerprint density at radius 2 is 1.80 bits per heavy atom. The van der Waals surface area contributed by atoms with Crippen LogP contribution in [-0.4, -0.2) is 31.5 Å². The Labute approximate surface area is 145 Å². The van der Waals surface area contributed by atoms with E-state index in [1.807, 2.05) is 4.90 Å². The zero-order valence-corrected chi connectivity index (χ0v) is 14.4. The van der Waals surface area contributed by atoms with Gasteiger partial charge in [0.25, 0.3) is 10.0 Å². The summed E-state index contributed by atoms with van der Waals surface area (Å²) in [5, 5.41) is 0. The number of nitrogens with zero attached hydrogens (tertiary/aromatic N) is 3. The van der Waals surface area contributed by atoms with Gasteiger partial charge in [-0.15, -0.1) is 0 Å². The lowest BCUT2D eigenvalue weighted by Crippen LogP contribution is -2.34. The summed E-state index contributed by atoms with van der Waals surface area (Å²) in [5.41, 5.74) is 0.0813. The van der Waals surface area contributed by atoms with Crippen molar-refractivity contribution in [2.24, 2.45) is 5.92 Å². The Morgan fingerprint density at radius 1 is 1.16 bits per heavy atom. The fourth-order valence-electron chi connectivity index (χ4n) is 2.64. The first-order valence-corrected chi connectivity index (χ1v) is 9.38. The van der Waals surface area contributed by atoms with Crippen molar-refractivity contribution in [3.8, 4) is 0 Å². The molecule has 6 nitrogen and oxygen atoms in total. The Kier molecular flexibility index (Phi) is 4.85. The number of aromatic nitrogens is 2. The topological polar surface area (TPSA) is 75.2 Å². The molecule has 1 aromatic heterocycles. The van der Waals surface area contributed by atoms with Gasteiger partial charge < -0.3 is 4.90 Å². The monoisotopic (exact) mass is 368 g/mol. The van der Waals surface area contributed by atoms with Gasteiger partial charge in [-0.1, -0.05) is 6.92 Å². The zero-order valence-electron chi connectivity index (χ0n) is 13.6. The smallest absolute Gasteiger partial charge is 0.265 e. The van der Waals surface area contributed by atoms with Gasteiger partial charge in [-0.2, -0.15) is 0 Å². The molecule has 0 unspecified atom stereocenters. The predicted molar refractivity (Wildman–Crippen MR) is 89.8 cm³/mol. The van der Waals surface area contributed by atoms with E-state index in [2.05, 4.69) is 21.6 Å². The highest BCUT2D eigenvalue weighted by Gasteiger charge is 2.21. The molecular weight excluding hydrogens is 350 g/mol. The molecule has 1 aromatic carbocycles. The third-order valence-corrected chi connectivity index (χ3v) is 5.54. The summed E-state index contributed by atoms with van der Waals surface area (Å²) in [6, 6.07) is 2.24. The largest absolute Gasteiger partial charge is 0.341 e. The first kappa shape index (κ1) is 17.5. The minimum atomic E-state index is -4.27. The maximum atomic E-state index is 13.7. The van der Waals surface area contributed by atoms with E-state index >= 15 is 0 Å². The molecule has 1 N–H and O–H groups in total. The van der Waals surface area contributed by atoms with Crippen molar-refractivity contribution in [1.29, 1.82) is 0 Å². The van der Waals surface area contributed by atoms with Crippen LogP contribution in [0.2, 0.25) is 0 Å². The molecule has 0 saturated carbocycles. The third kappa shape index (κ3) is 4.04. The van der Waals surface area contributed by atoms with E-state index in [0.29, 0.717) is 17.9 Å². The van der Waals surface area contributed by atoms with Crippen LogP contribution in [0.15, 0.2) is 35.5 Å². The minimum Gasteiger partial charge on any atom is -0.341 e. The number of rotatable bonds is 4. The molecule has 2 aromatic rings. The number of piperidine rings is 1. The molecule has 0 spiro atoms. The van der Waals surface area contributed by atoms with Crippen molar-refractivity contribution >= 4 is 21.7 Å². The molecule has 3 rings (SSSR count). The molecule has 1 fully saturated rings. The molecule has 0 aliphatic carbocycles. The molecule has 1 aliphatic heterocycles. The normalized spacial score (nSPS) is 16.0. The molecule has 0 radical (unpaired) electrons. The van der Waals surface area contributed by atoms with E-state index in [1.165, 1.54) is 12.4 Å². The van der Waals surface area contributed by atoms with Crippen molar-refractivity contribution in [1.82, 2.24) is 9.97 Å². The van der Waals surface area contributed by atoms with Crippen LogP contribution in [-0.2, 0) is 10.0 Å². The lowest BCUT2D eigenvalue weighted by Gasteiger charge is -2.30. The second-order valence-electron chi connectivity index (χ2n) is 6.12. The fraction of sp³-hybridized carbons (Fsp3) is 0.375. The zero-order chi connectivity index (χ0) is 18.0. The molecule has 1 aliphatic rings. The Bertz CT molecular complexity index is 851. The molecule has 0 atom stereocenters. The van der Waals surface area contributed by atoms with Gasteiger partial charge in [-0.25, -0.2) is 27.2 Å². The number of benzene rings is 1. The summed E-state index contributed by atoms with van der Waals surface area (Å²) in [7, 11) is -4.27. The standard InChI is InChI=1S/C16H18F2N4O2S/c1-11-4-6-22(7-5-11)16-19-9-13(10-20-16)21-25(23,24)15-8-12(17)2-3-14(15)18/h2-3,8-11,21H,4-7H2,1H3. The second-order valence-corrected chi connectivity index (χ2v) is 7.77. The number of anilines is 2. The lowest BCUT2D eigenvalue weighted by molar-refractivity contribution is 0.434. The molecule has 9 heteroatoms. The van der Waals surface area contributed by atoms with E-state index in [9.17, 15) is 17.2 Å². The van der Waals surface area contributed by atoms with E-state index in [4.69, 9.17) is 0 Å². The van der Waals surface area contributed by atoms with Crippen molar-refractivity contribution in [3.05, 3.63) is 42.2 Å². The van der Waals surface area contributed by atoms with Crippen LogP contribution in [0.1, 0.15) is 19.8 Å². The van der Waals surface area contributed by atoms with Crippen molar-refractivity contribution in [2.45, 2.75) is 24.7 Å². The van der Waals surface area contributed by atoms with Crippen molar-refractivity contribution in [3.63, 3.8) is 0 Å². The van der Waals surface area contributed by atoms with E-state index in [1.54, 1.807) is 0 Å². The molecule has 1 saturated heterocycles. The van der Waals surface area contributed by atoms with E-state index in [-0.39, 0.29) is 5.69 Å². The third-order valence-electron chi connectivity index (χ3n) is 4.14. The summed E-state index contributed by atoms with van der Waals surface area (Å²) < 4.78 is 53.5. The second kappa shape index (κ2) is 6.91. The molecular formula is C16H18F2N4O2S. The average Bonchev–Trinajstić information content (AvgIpc) is 2.58. The van der Waals surface area contributed by atoms with Gasteiger partial charge in [0, 0.05) is 13.1 Å². The van der Waals surface area contributed by atoms with Crippen molar-refractivity contribution < 1.29 is 17.2 Å². The van der Waals surface area contributed by atoms with Gasteiger partial charge in [-0.3, -0.25) is 4.72 Å². The van der Waals surface area contributed by atoms with Crippen molar-refractivity contribution in [2.75, 3.05) is 22.7 Å². The number of hydrogen-bond donors (Lipinski definition) is 1. The van der Waals surface area contributed by atoms with Gasteiger partial charge in [-0.05, 0) is 37.0 Å². The lowest BCUT2D eigenvalue weighted by atomic mass is 10.00. The maximum absolute atomic E-state index is 13.7. The maximum Gasteiger partial charge on any atom is 0.265 e. The summed E-state index contributed by atoms with van der Waals surface area (Å²) >= 11 is 0. The summed E-state index contributed by atoms with van der Waals surface area (Å²) in [4.78, 5) is 9.60.